The topological polar surface area (TPSA) is 45.0 Å². The fourth-order valence-electron chi connectivity index (χ4n) is 2.21. The predicted octanol–water partition coefficient (Wildman–Crippen LogP) is 2.87. The Bertz CT molecular complexity index is 458. The van der Waals surface area contributed by atoms with Crippen LogP contribution in [0.5, 0.6) is 0 Å². The van der Waals surface area contributed by atoms with E-state index >= 15 is 0 Å². The summed E-state index contributed by atoms with van der Waals surface area (Å²) in [5, 5.41) is 12.8. The van der Waals surface area contributed by atoms with E-state index < -0.39 is 0 Å². The Morgan fingerprint density at radius 2 is 2.28 bits per heavy atom. The monoisotopic (exact) mass is 264 g/mol. The minimum absolute atomic E-state index is 0.0269. The predicted molar refractivity (Wildman–Crippen MR) is 71.5 cm³/mol. The lowest BCUT2D eigenvalue weighted by atomic mass is 9.80. The SMILES string of the molecule is COC1(CNCc2ccc(C#N)cc2Cl)CCC1. The minimum atomic E-state index is 0.0269. The molecule has 0 spiro atoms. The molecule has 0 bridgehead atoms. The molecule has 1 saturated carbocycles. The molecule has 0 saturated heterocycles. The first-order valence-electron chi connectivity index (χ1n) is 6.13. The van der Waals surface area contributed by atoms with Crippen molar-refractivity contribution in [3.05, 3.63) is 34.3 Å². The molecule has 1 N–H and O–H groups in total. The van der Waals surface area contributed by atoms with E-state index in [1.54, 1.807) is 19.2 Å². The molecular weight excluding hydrogens is 248 g/mol. The Labute approximate surface area is 113 Å². The third-order valence-corrected chi connectivity index (χ3v) is 3.99. The quantitative estimate of drug-likeness (QED) is 0.889. The van der Waals surface area contributed by atoms with Crippen LogP contribution in [0.25, 0.3) is 0 Å². The van der Waals surface area contributed by atoms with E-state index in [9.17, 15) is 0 Å². The van der Waals surface area contributed by atoms with Gasteiger partial charge < -0.3 is 10.1 Å². The maximum absolute atomic E-state index is 8.77. The second-order valence-corrected chi connectivity index (χ2v) is 5.17. The maximum atomic E-state index is 8.77. The van der Waals surface area contributed by atoms with Crippen LogP contribution in [-0.4, -0.2) is 19.3 Å². The fourth-order valence-corrected chi connectivity index (χ4v) is 2.46. The van der Waals surface area contributed by atoms with Gasteiger partial charge in [-0.05, 0) is 37.0 Å². The fraction of sp³-hybridized carbons (Fsp3) is 0.500. The van der Waals surface area contributed by atoms with Gasteiger partial charge in [-0.2, -0.15) is 5.26 Å². The van der Waals surface area contributed by atoms with Gasteiger partial charge in [0.25, 0.3) is 0 Å². The number of ether oxygens (including phenoxy) is 1. The number of rotatable bonds is 5. The number of nitrogens with one attached hydrogen (secondary N) is 1. The number of methoxy groups -OCH3 is 1. The number of nitrogens with zero attached hydrogens (tertiary/aromatic N) is 1. The smallest absolute Gasteiger partial charge is 0.0992 e. The van der Waals surface area contributed by atoms with Crippen LogP contribution in [0.15, 0.2) is 18.2 Å². The van der Waals surface area contributed by atoms with Crippen LogP contribution in [0.3, 0.4) is 0 Å². The van der Waals surface area contributed by atoms with E-state index in [-0.39, 0.29) is 5.60 Å². The van der Waals surface area contributed by atoms with E-state index in [0.29, 0.717) is 17.1 Å². The number of hydrogen-bond donors (Lipinski definition) is 1. The summed E-state index contributed by atoms with van der Waals surface area (Å²) in [6.45, 7) is 1.55. The molecule has 0 atom stereocenters. The van der Waals surface area contributed by atoms with Crippen molar-refractivity contribution in [3.63, 3.8) is 0 Å². The average molecular weight is 265 g/mol. The van der Waals surface area contributed by atoms with E-state index in [0.717, 1.165) is 24.9 Å². The summed E-state index contributed by atoms with van der Waals surface area (Å²) in [6, 6.07) is 7.47. The molecule has 0 heterocycles. The average Bonchev–Trinajstić information content (AvgIpc) is 2.34. The van der Waals surface area contributed by atoms with E-state index in [4.69, 9.17) is 21.6 Å². The van der Waals surface area contributed by atoms with Crippen molar-refractivity contribution in [1.82, 2.24) is 5.32 Å². The van der Waals surface area contributed by atoms with Gasteiger partial charge in [0.15, 0.2) is 0 Å². The molecule has 96 valence electrons. The Kier molecular flexibility index (Phi) is 4.23. The Morgan fingerprint density at radius 1 is 1.50 bits per heavy atom. The molecule has 3 nitrogen and oxygen atoms in total. The Balaban J connectivity index is 1.89. The van der Waals surface area contributed by atoms with Crippen molar-refractivity contribution in [2.45, 2.75) is 31.4 Å². The van der Waals surface area contributed by atoms with Gasteiger partial charge in [0.05, 0.1) is 17.2 Å². The molecule has 0 aliphatic heterocycles. The van der Waals surface area contributed by atoms with Crippen LogP contribution in [0.4, 0.5) is 0 Å². The van der Waals surface area contributed by atoms with Gasteiger partial charge in [-0.3, -0.25) is 0 Å². The second kappa shape index (κ2) is 5.71. The van der Waals surface area contributed by atoms with Gasteiger partial charge in [0.1, 0.15) is 0 Å². The maximum Gasteiger partial charge on any atom is 0.0992 e. The van der Waals surface area contributed by atoms with Crippen LogP contribution >= 0.6 is 11.6 Å². The summed E-state index contributed by atoms with van der Waals surface area (Å²) in [4.78, 5) is 0. The molecule has 1 fully saturated rings. The van der Waals surface area contributed by atoms with Gasteiger partial charge >= 0.3 is 0 Å². The molecule has 1 aliphatic rings. The zero-order valence-electron chi connectivity index (χ0n) is 10.5. The highest BCUT2D eigenvalue weighted by Crippen LogP contribution is 2.34. The summed E-state index contributed by atoms with van der Waals surface area (Å²) < 4.78 is 5.54. The summed E-state index contributed by atoms with van der Waals surface area (Å²) in [5.41, 5.74) is 1.64. The highest BCUT2D eigenvalue weighted by molar-refractivity contribution is 6.31. The molecule has 1 aromatic rings. The summed E-state index contributed by atoms with van der Waals surface area (Å²) in [7, 11) is 1.77. The zero-order valence-corrected chi connectivity index (χ0v) is 11.3. The molecule has 18 heavy (non-hydrogen) atoms. The van der Waals surface area contributed by atoms with Gasteiger partial charge in [0.2, 0.25) is 0 Å². The van der Waals surface area contributed by atoms with Crippen molar-refractivity contribution >= 4 is 11.6 Å². The lowest BCUT2D eigenvalue weighted by Gasteiger charge is -2.40. The van der Waals surface area contributed by atoms with E-state index in [2.05, 4.69) is 11.4 Å². The van der Waals surface area contributed by atoms with Crippen molar-refractivity contribution in [2.75, 3.05) is 13.7 Å². The number of nitriles is 1. The van der Waals surface area contributed by atoms with Crippen molar-refractivity contribution < 1.29 is 4.74 Å². The molecule has 1 aromatic carbocycles. The highest BCUT2D eigenvalue weighted by atomic mass is 35.5. The lowest BCUT2D eigenvalue weighted by molar-refractivity contribution is -0.0695. The Hall–Kier alpha value is -1.08. The first kappa shape index (κ1) is 13.4. The molecule has 0 unspecified atom stereocenters. The van der Waals surface area contributed by atoms with Gasteiger partial charge in [-0.25, -0.2) is 0 Å². The molecule has 4 heteroatoms. The molecule has 1 aliphatic carbocycles. The number of halogens is 1. The lowest BCUT2D eigenvalue weighted by Crippen LogP contribution is -2.47. The first-order chi connectivity index (χ1) is 8.69. The second-order valence-electron chi connectivity index (χ2n) is 4.76. The Morgan fingerprint density at radius 3 is 2.78 bits per heavy atom. The molecule has 0 aromatic heterocycles. The zero-order chi connectivity index (χ0) is 13.0. The molecule has 2 rings (SSSR count). The summed E-state index contributed by atoms with van der Waals surface area (Å²) in [6.07, 6.45) is 3.49. The van der Waals surface area contributed by atoms with Crippen LogP contribution in [0.1, 0.15) is 30.4 Å². The molecule has 0 amide bonds. The summed E-state index contributed by atoms with van der Waals surface area (Å²) >= 11 is 6.12. The normalized spacial score (nSPS) is 16.9. The van der Waals surface area contributed by atoms with Crippen molar-refractivity contribution in [2.24, 2.45) is 0 Å². The number of hydrogen-bond acceptors (Lipinski definition) is 3. The third-order valence-electron chi connectivity index (χ3n) is 3.64. The number of benzene rings is 1. The van der Waals surface area contributed by atoms with Gasteiger partial charge in [-0.1, -0.05) is 17.7 Å². The van der Waals surface area contributed by atoms with Crippen molar-refractivity contribution in [1.29, 1.82) is 5.26 Å². The van der Waals surface area contributed by atoms with Gasteiger partial charge in [-0.15, -0.1) is 0 Å². The largest absolute Gasteiger partial charge is 0.377 e. The molecule has 0 radical (unpaired) electrons. The standard InChI is InChI=1S/C14H17ClN2O/c1-18-14(5-2-6-14)10-17-9-12-4-3-11(8-16)7-13(12)15/h3-4,7,17H,2,5-6,9-10H2,1H3. The first-order valence-corrected chi connectivity index (χ1v) is 6.51. The third kappa shape index (κ3) is 2.84. The minimum Gasteiger partial charge on any atom is -0.377 e. The summed E-state index contributed by atoms with van der Waals surface area (Å²) in [5.74, 6) is 0. The van der Waals surface area contributed by atoms with E-state index in [1.165, 1.54) is 6.42 Å². The molecular formula is C14H17ClN2O. The highest BCUT2D eigenvalue weighted by Gasteiger charge is 2.36. The van der Waals surface area contributed by atoms with Crippen LogP contribution in [0, 0.1) is 11.3 Å². The van der Waals surface area contributed by atoms with Crippen molar-refractivity contribution in [3.8, 4) is 6.07 Å². The van der Waals surface area contributed by atoms with Crippen LogP contribution in [-0.2, 0) is 11.3 Å². The van der Waals surface area contributed by atoms with E-state index in [1.807, 2.05) is 6.07 Å². The van der Waals surface area contributed by atoms with Crippen LogP contribution < -0.4 is 5.32 Å². The van der Waals surface area contributed by atoms with Gasteiger partial charge in [0, 0.05) is 25.2 Å². The van der Waals surface area contributed by atoms with Crippen LogP contribution in [0.2, 0.25) is 5.02 Å².